The van der Waals surface area contributed by atoms with E-state index in [4.69, 9.17) is 14.6 Å². The summed E-state index contributed by atoms with van der Waals surface area (Å²) in [5.74, 6) is -1.61. The molecule has 7 heteroatoms. The van der Waals surface area contributed by atoms with E-state index >= 15 is 0 Å². The summed E-state index contributed by atoms with van der Waals surface area (Å²) in [6.07, 6.45) is 0.154. The van der Waals surface area contributed by atoms with Crippen LogP contribution in [0.15, 0.2) is 18.2 Å². The predicted octanol–water partition coefficient (Wildman–Crippen LogP) is 5.16. The number of hydrogen-bond acceptors (Lipinski definition) is 3. The molecular formula is C18H23F3O4. The Morgan fingerprint density at radius 3 is 2.24 bits per heavy atom. The maximum absolute atomic E-state index is 13.4. The quantitative estimate of drug-likeness (QED) is 0.462. The zero-order chi connectivity index (χ0) is 18.9. The Hall–Kier alpha value is -2.18. The molecule has 0 fully saturated rings. The van der Waals surface area contributed by atoms with Gasteiger partial charge in [-0.05, 0) is 36.6 Å². The molecule has 0 saturated carbocycles. The fraction of sp³-hybridized carbons (Fsp3) is 0.500. The molecule has 140 valence electrons. The molecule has 0 amide bonds. The average Bonchev–Trinajstić information content (AvgIpc) is 2.53. The van der Waals surface area contributed by atoms with Crippen LogP contribution < -0.4 is 9.47 Å². The largest absolute Gasteiger partial charge is 0.490 e. The van der Waals surface area contributed by atoms with Crippen LogP contribution in [-0.4, -0.2) is 24.3 Å². The lowest BCUT2D eigenvalue weighted by Crippen LogP contribution is -2.12. The number of aliphatic carboxylic acids is 1. The SMILES string of the molecule is CCCCOc1cc(/C=C/C(=O)O)cc(C(F)(F)F)c1OCCCC. The number of carboxylic acid groups (broad SMARTS) is 1. The fourth-order valence-electron chi connectivity index (χ4n) is 2.00. The van der Waals surface area contributed by atoms with Gasteiger partial charge in [0.2, 0.25) is 0 Å². The number of rotatable bonds is 10. The lowest BCUT2D eigenvalue weighted by atomic mass is 10.1. The Labute approximate surface area is 145 Å². The van der Waals surface area contributed by atoms with E-state index in [1.807, 2.05) is 13.8 Å². The summed E-state index contributed by atoms with van der Waals surface area (Å²) >= 11 is 0. The Kier molecular flexibility index (Phi) is 8.31. The molecule has 0 atom stereocenters. The van der Waals surface area contributed by atoms with Gasteiger partial charge in [-0.2, -0.15) is 13.2 Å². The van der Waals surface area contributed by atoms with Crippen LogP contribution in [0.3, 0.4) is 0 Å². The molecule has 0 aliphatic rings. The molecule has 1 aromatic rings. The van der Waals surface area contributed by atoms with Crippen LogP contribution in [0.4, 0.5) is 13.2 Å². The van der Waals surface area contributed by atoms with Crippen molar-refractivity contribution in [3.05, 3.63) is 29.3 Å². The van der Waals surface area contributed by atoms with E-state index in [1.54, 1.807) is 0 Å². The van der Waals surface area contributed by atoms with Crippen molar-refractivity contribution in [3.8, 4) is 11.5 Å². The van der Waals surface area contributed by atoms with Gasteiger partial charge in [-0.25, -0.2) is 4.79 Å². The molecule has 1 N–H and O–H groups in total. The van der Waals surface area contributed by atoms with Gasteiger partial charge in [0.1, 0.15) is 5.56 Å². The Morgan fingerprint density at radius 2 is 1.72 bits per heavy atom. The van der Waals surface area contributed by atoms with Crippen LogP contribution in [0.5, 0.6) is 11.5 Å². The summed E-state index contributed by atoms with van der Waals surface area (Å²) in [5, 5.41) is 8.68. The van der Waals surface area contributed by atoms with Gasteiger partial charge in [0, 0.05) is 6.08 Å². The van der Waals surface area contributed by atoms with Crippen LogP contribution in [0.1, 0.15) is 50.7 Å². The topological polar surface area (TPSA) is 55.8 Å². The molecule has 0 radical (unpaired) electrons. The summed E-state index contributed by atoms with van der Waals surface area (Å²) in [6, 6.07) is 2.24. The highest BCUT2D eigenvalue weighted by Crippen LogP contribution is 2.43. The summed E-state index contributed by atoms with van der Waals surface area (Å²) < 4.78 is 51.1. The number of ether oxygens (including phenoxy) is 2. The third kappa shape index (κ3) is 7.07. The predicted molar refractivity (Wildman–Crippen MR) is 88.9 cm³/mol. The second-order valence-corrected chi connectivity index (χ2v) is 5.47. The first kappa shape index (κ1) is 20.9. The van der Waals surface area contributed by atoms with Gasteiger partial charge in [-0.3, -0.25) is 0 Å². The number of halogens is 3. The summed E-state index contributed by atoms with van der Waals surface area (Å²) in [4.78, 5) is 10.6. The molecule has 0 aromatic heterocycles. The normalized spacial score (nSPS) is 11.7. The number of carbonyl (C=O) groups is 1. The molecule has 0 spiro atoms. The second kappa shape index (κ2) is 9.96. The van der Waals surface area contributed by atoms with Gasteiger partial charge in [-0.15, -0.1) is 0 Å². The Morgan fingerprint density at radius 1 is 1.12 bits per heavy atom. The first-order chi connectivity index (χ1) is 11.8. The first-order valence-electron chi connectivity index (χ1n) is 8.21. The lowest BCUT2D eigenvalue weighted by molar-refractivity contribution is -0.139. The van der Waals surface area contributed by atoms with E-state index in [2.05, 4.69) is 0 Å². The van der Waals surface area contributed by atoms with Crippen LogP contribution in [0, 0.1) is 0 Å². The van der Waals surface area contributed by atoms with Gasteiger partial charge in [0.15, 0.2) is 11.5 Å². The van der Waals surface area contributed by atoms with Crippen LogP contribution in [0.25, 0.3) is 6.08 Å². The van der Waals surface area contributed by atoms with Crippen molar-refractivity contribution >= 4 is 12.0 Å². The third-order valence-corrected chi connectivity index (χ3v) is 3.30. The zero-order valence-electron chi connectivity index (χ0n) is 14.4. The smallest absolute Gasteiger partial charge is 0.420 e. The molecule has 4 nitrogen and oxygen atoms in total. The minimum atomic E-state index is -4.64. The van der Waals surface area contributed by atoms with Crippen LogP contribution in [-0.2, 0) is 11.0 Å². The molecule has 0 aliphatic heterocycles. The average molecular weight is 360 g/mol. The summed E-state index contributed by atoms with van der Waals surface area (Å²) in [5.41, 5.74) is -0.883. The highest BCUT2D eigenvalue weighted by molar-refractivity contribution is 5.85. The molecule has 0 unspecified atom stereocenters. The molecule has 0 bridgehead atoms. The zero-order valence-corrected chi connectivity index (χ0v) is 14.4. The lowest BCUT2D eigenvalue weighted by Gasteiger charge is -2.19. The minimum Gasteiger partial charge on any atom is -0.490 e. The standard InChI is InChI=1S/C18H23F3O4/c1-3-5-9-24-15-12-13(7-8-16(22)23)11-14(18(19,20)21)17(15)25-10-6-4-2/h7-8,11-12H,3-6,9-10H2,1-2H3,(H,22,23)/b8-7+. The maximum atomic E-state index is 13.4. The third-order valence-electron chi connectivity index (χ3n) is 3.30. The highest BCUT2D eigenvalue weighted by Gasteiger charge is 2.36. The number of carboxylic acids is 1. The molecule has 1 rings (SSSR count). The van der Waals surface area contributed by atoms with Gasteiger partial charge >= 0.3 is 12.1 Å². The van der Waals surface area contributed by atoms with E-state index in [9.17, 15) is 18.0 Å². The number of alkyl halides is 3. The van der Waals surface area contributed by atoms with Gasteiger partial charge < -0.3 is 14.6 Å². The fourth-order valence-corrected chi connectivity index (χ4v) is 2.00. The van der Waals surface area contributed by atoms with Crippen LogP contribution >= 0.6 is 0 Å². The number of unbranched alkanes of at least 4 members (excludes halogenated alkanes) is 2. The minimum absolute atomic E-state index is 0.0237. The van der Waals surface area contributed by atoms with E-state index in [-0.39, 0.29) is 30.3 Å². The van der Waals surface area contributed by atoms with E-state index in [1.165, 1.54) is 6.07 Å². The second-order valence-electron chi connectivity index (χ2n) is 5.47. The summed E-state index contributed by atoms with van der Waals surface area (Å²) in [7, 11) is 0. The Balaban J connectivity index is 3.32. The van der Waals surface area contributed by atoms with E-state index in [0.717, 1.165) is 31.1 Å². The number of hydrogen-bond donors (Lipinski definition) is 1. The van der Waals surface area contributed by atoms with Crippen molar-refractivity contribution < 1.29 is 32.5 Å². The van der Waals surface area contributed by atoms with Gasteiger partial charge in [0.25, 0.3) is 0 Å². The molecule has 1 aromatic carbocycles. The Bertz CT molecular complexity index is 595. The first-order valence-corrected chi connectivity index (χ1v) is 8.21. The molecular weight excluding hydrogens is 337 g/mol. The van der Waals surface area contributed by atoms with Crippen molar-refractivity contribution in [3.63, 3.8) is 0 Å². The molecule has 0 heterocycles. The number of benzene rings is 1. The summed E-state index contributed by atoms with van der Waals surface area (Å²) in [6.45, 7) is 4.25. The van der Waals surface area contributed by atoms with Crippen molar-refractivity contribution in [1.29, 1.82) is 0 Å². The van der Waals surface area contributed by atoms with E-state index in [0.29, 0.717) is 12.8 Å². The van der Waals surface area contributed by atoms with Gasteiger partial charge in [0.05, 0.1) is 13.2 Å². The maximum Gasteiger partial charge on any atom is 0.420 e. The molecule has 25 heavy (non-hydrogen) atoms. The molecule has 0 saturated heterocycles. The van der Waals surface area contributed by atoms with Crippen molar-refractivity contribution in [1.82, 2.24) is 0 Å². The monoisotopic (exact) mass is 360 g/mol. The van der Waals surface area contributed by atoms with Gasteiger partial charge in [-0.1, -0.05) is 26.7 Å². The van der Waals surface area contributed by atoms with Crippen molar-refractivity contribution in [2.24, 2.45) is 0 Å². The van der Waals surface area contributed by atoms with Crippen LogP contribution in [0.2, 0.25) is 0 Å². The highest BCUT2D eigenvalue weighted by atomic mass is 19.4. The van der Waals surface area contributed by atoms with Crippen molar-refractivity contribution in [2.45, 2.75) is 45.7 Å². The van der Waals surface area contributed by atoms with E-state index < -0.39 is 17.7 Å². The molecule has 0 aliphatic carbocycles. The van der Waals surface area contributed by atoms with Crippen molar-refractivity contribution in [2.75, 3.05) is 13.2 Å².